The molecule has 0 aromatic heterocycles. The Morgan fingerprint density at radius 1 is 1.04 bits per heavy atom. The molecule has 0 bridgehead atoms. The third kappa shape index (κ3) is 4.45. The lowest BCUT2D eigenvalue weighted by molar-refractivity contribution is -0.144. The van der Waals surface area contributed by atoms with Crippen LogP contribution in [0, 0.1) is 0 Å². The first kappa shape index (κ1) is 17.2. The summed E-state index contributed by atoms with van der Waals surface area (Å²) >= 11 is 0. The van der Waals surface area contributed by atoms with Gasteiger partial charge in [0.15, 0.2) is 0 Å². The number of likely N-dealkylation sites (tertiary alicyclic amines) is 1. The van der Waals surface area contributed by atoms with E-state index in [2.05, 4.69) is 5.32 Å². The smallest absolute Gasteiger partial charge is 0.320 e. The average Bonchev–Trinajstić information content (AvgIpc) is 2.63. The molecule has 1 atom stereocenters. The number of amides is 1. The number of piperidine rings is 1. The van der Waals surface area contributed by atoms with Crippen LogP contribution in [-0.2, 0) is 11.3 Å². The number of carboxylic acid groups (broad SMARTS) is 1. The quantitative estimate of drug-likeness (QED) is 0.877. The summed E-state index contributed by atoms with van der Waals surface area (Å²) in [5, 5.41) is 12.2. The van der Waals surface area contributed by atoms with Gasteiger partial charge >= 0.3 is 5.97 Å². The predicted molar refractivity (Wildman–Crippen MR) is 96.5 cm³/mol. The van der Waals surface area contributed by atoms with Crippen LogP contribution in [0.2, 0.25) is 0 Å². The molecule has 0 spiro atoms. The Morgan fingerprint density at radius 2 is 1.76 bits per heavy atom. The number of hydrogen-bond acceptors (Lipinski definition) is 3. The molecule has 1 aliphatic heterocycles. The minimum absolute atomic E-state index is 0.154. The lowest BCUT2D eigenvalue weighted by Crippen LogP contribution is -2.43. The van der Waals surface area contributed by atoms with E-state index in [-0.39, 0.29) is 5.91 Å². The van der Waals surface area contributed by atoms with Crippen LogP contribution in [0.5, 0.6) is 0 Å². The maximum atomic E-state index is 12.3. The summed E-state index contributed by atoms with van der Waals surface area (Å²) in [4.78, 5) is 25.6. The maximum Gasteiger partial charge on any atom is 0.320 e. The van der Waals surface area contributed by atoms with E-state index in [4.69, 9.17) is 0 Å². The highest BCUT2D eigenvalue weighted by Crippen LogP contribution is 2.20. The van der Waals surface area contributed by atoms with Gasteiger partial charge in [-0.1, -0.05) is 36.8 Å². The Balaban J connectivity index is 1.63. The summed E-state index contributed by atoms with van der Waals surface area (Å²) in [6.07, 6.45) is 2.69. The van der Waals surface area contributed by atoms with E-state index in [1.165, 1.54) is 0 Å². The van der Waals surface area contributed by atoms with Crippen molar-refractivity contribution >= 4 is 17.6 Å². The molecule has 2 aromatic rings. The predicted octanol–water partition coefficient (Wildman–Crippen LogP) is 3.38. The van der Waals surface area contributed by atoms with Crippen molar-refractivity contribution in [2.45, 2.75) is 31.8 Å². The second-order valence-electron chi connectivity index (χ2n) is 6.34. The van der Waals surface area contributed by atoms with E-state index in [1.54, 1.807) is 12.1 Å². The fourth-order valence-corrected chi connectivity index (χ4v) is 3.18. The lowest BCUT2D eigenvalue weighted by atomic mass is 10.0. The summed E-state index contributed by atoms with van der Waals surface area (Å²) in [6.45, 7) is 1.39. The number of carboxylic acids is 1. The van der Waals surface area contributed by atoms with E-state index < -0.39 is 12.0 Å². The van der Waals surface area contributed by atoms with Crippen LogP contribution < -0.4 is 5.32 Å². The Labute approximate surface area is 147 Å². The molecule has 0 radical (unpaired) electrons. The highest BCUT2D eigenvalue weighted by Gasteiger charge is 2.28. The molecule has 0 saturated carbocycles. The van der Waals surface area contributed by atoms with Gasteiger partial charge in [-0.05, 0) is 49.2 Å². The van der Waals surface area contributed by atoms with Gasteiger partial charge in [0.2, 0.25) is 0 Å². The molecular formula is C20H22N2O3. The van der Waals surface area contributed by atoms with Crippen LogP contribution >= 0.6 is 0 Å². The number of nitrogens with zero attached hydrogens (tertiary/aromatic N) is 1. The van der Waals surface area contributed by atoms with Gasteiger partial charge in [-0.3, -0.25) is 14.5 Å². The van der Waals surface area contributed by atoms with Crippen LogP contribution in [-0.4, -0.2) is 34.5 Å². The Hall–Kier alpha value is -2.66. The summed E-state index contributed by atoms with van der Waals surface area (Å²) in [5.74, 6) is -0.905. The fraction of sp³-hybridized carbons (Fsp3) is 0.300. The number of aliphatic carboxylic acids is 1. The second-order valence-corrected chi connectivity index (χ2v) is 6.34. The van der Waals surface area contributed by atoms with Crippen molar-refractivity contribution in [3.8, 4) is 0 Å². The molecule has 1 saturated heterocycles. The number of anilines is 1. The first-order chi connectivity index (χ1) is 12.1. The number of hydrogen-bond donors (Lipinski definition) is 2. The number of benzene rings is 2. The van der Waals surface area contributed by atoms with Crippen molar-refractivity contribution in [1.29, 1.82) is 0 Å². The van der Waals surface area contributed by atoms with Gasteiger partial charge in [0, 0.05) is 17.8 Å². The zero-order chi connectivity index (χ0) is 17.6. The van der Waals surface area contributed by atoms with Crippen molar-refractivity contribution in [2.75, 3.05) is 11.9 Å². The number of carbonyl (C=O) groups is 2. The van der Waals surface area contributed by atoms with Crippen molar-refractivity contribution < 1.29 is 14.7 Å². The van der Waals surface area contributed by atoms with Crippen molar-refractivity contribution in [2.24, 2.45) is 0 Å². The summed E-state index contributed by atoms with van der Waals surface area (Å²) in [5.41, 5.74) is 2.36. The molecule has 1 heterocycles. The number of nitrogens with one attached hydrogen (secondary N) is 1. The summed E-state index contributed by atoms with van der Waals surface area (Å²) in [6, 6.07) is 16.3. The van der Waals surface area contributed by atoms with Gasteiger partial charge < -0.3 is 10.4 Å². The van der Waals surface area contributed by atoms with Gasteiger partial charge in [0.25, 0.3) is 5.91 Å². The van der Waals surface area contributed by atoms with Crippen LogP contribution in [0.1, 0.15) is 35.2 Å². The third-order valence-corrected chi connectivity index (χ3v) is 4.53. The van der Waals surface area contributed by atoms with Gasteiger partial charge in [-0.25, -0.2) is 0 Å². The molecule has 1 aliphatic rings. The van der Waals surface area contributed by atoms with Gasteiger partial charge in [-0.2, -0.15) is 0 Å². The normalized spacial score (nSPS) is 17.8. The monoisotopic (exact) mass is 338 g/mol. The van der Waals surface area contributed by atoms with Crippen LogP contribution in [0.25, 0.3) is 0 Å². The molecule has 2 aromatic carbocycles. The molecule has 0 aliphatic carbocycles. The Kier molecular flexibility index (Phi) is 5.46. The summed E-state index contributed by atoms with van der Waals surface area (Å²) < 4.78 is 0. The van der Waals surface area contributed by atoms with Crippen LogP contribution in [0.4, 0.5) is 5.69 Å². The van der Waals surface area contributed by atoms with Gasteiger partial charge in [0.1, 0.15) is 6.04 Å². The molecule has 5 heteroatoms. The Morgan fingerprint density at radius 3 is 2.44 bits per heavy atom. The first-order valence-corrected chi connectivity index (χ1v) is 8.56. The second kappa shape index (κ2) is 7.94. The summed E-state index contributed by atoms with van der Waals surface area (Å²) in [7, 11) is 0. The molecule has 130 valence electrons. The SMILES string of the molecule is O=C(Nc1ccccc1)c1ccc(CN2CCCCC2C(=O)O)cc1. The molecule has 2 N–H and O–H groups in total. The minimum Gasteiger partial charge on any atom is -0.480 e. The lowest BCUT2D eigenvalue weighted by Gasteiger charge is -2.32. The standard InChI is InChI=1S/C20H22N2O3/c23-19(21-17-6-2-1-3-7-17)16-11-9-15(10-12-16)14-22-13-5-4-8-18(22)20(24)25/h1-3,6-7,9-12,18H,4-5,8,13-14H2,(H,21,23)(H,24,25). The van der Waals surface area contributed by atoms with Gasteiger partial charge in [0.05, 0.1) is 0 Å². The van der Waals surface area contributed by atoms with Crippen molar-refractivity contribution in [3.05, 3.63) is 65.7 Å². The number of carbonyl (C=O) groups excluding carboxylic acids is 1. The third-order valence-electron chi connectivity index (χ3n) is 4.53. The van der Waals surface area contributed by atoms with E-state index >= 15 is 0 Å². The van der Waals surface area contributed by atoms with Crippen LogP contribution in [0.3, 0.4) is 0 Å². The van der Waals surface area contributed by atoms with Gasteiger partial charge in [-0.15, -0.1) is 0 Å². The molecular weight excluding hydrogens is 316 g/mol. The molecule has 3 rings (SSSR count). The number of para-hydroxylation sites is 1. The Bertz CT molecular complexity index is 728. The fourth-order valence-electron chi connectivity index (χ4n) is 3.18. The minimum atomic E-state index is -0.751. The molecule has 1 fully saturated rings. The van der Waals surface area contributed by atoms with E-state index in [0.29, 0.717) is 18.5 Å². The van der Waals surface area contributed by atoms with Crippen molar-refractivity contribution in [1.82, 2.24) is 4.90 Å². The van der Waals surface area contributed by atoms with E-state index in [9.17, 15) is 14.7 Å². The molecule has 1 unspecified atom stereocenters. The number of rotatable bonds is 5. The largest absolute Gasteiger partial charge is 0.480 e. The first-order valence-electron chi connectivity index (χ1n) is 8.56. The maximum absolute atomic E-state index is 12.3. The average molecular weight is 338 g/mol. The zero-order valence-electron chi connectivity index (χ0n) is 14.0. The molecule has 5 nitrogen and oxygen atoms in total. The highest BCUT2D eigenvalue weighted by atomic mass is 16.4. The highest BCUT2D eigenvalue weighted by molar-refractivity contribution is 6.04. The van der Waals surface area contributed by atoms with E-state index in [1.807, 2.05) is 47.4 Å². The zero-order valence-corrected chi connectivity index (χ0v) is 14.0. The van der Waals surface area contributed by atoms with Crippen molar-refractivity contribution in [3.63, 3.8) is 0 Å². The molecule has 25 heavy (non-hydrogen) atoms. The van der Waals surface area contributed by atoms with E-state index in [0.717, 1.165) is 30.6 Å². The van der Waals surface area contributed by atoms with Crippen LogP contribution in [0.15, 0.2) is 54.6 Å². The molecule has 1 amide bonds. The topological polar surface area (TPSA) is 69.6 Å².